The average Bonchev–Trinajstić information content (AvgIpc) is 3.21. The number of nitriles is 2. The predicted molar refractivity (Wildman–Crippen MR) is 136 cm³/mol. The summed E-state index contributed by atoms with van der Waals surface area (Å²) in [7, 11) is 0. The number of ether oxygens (including phenoxy) is 1. The minimum absolute atomic E-state index is 0.0120. The number of hydrogen-bond acceptors (Lipinski definition) is 7. The summed E-state index contributed by atoms with van der Waals surface area (Å²) in [5.41, 5.74) is 0.726. The fourth-order valence-corrected chi connectivity index (χ4v) is 6.46. The lowest BCUT2D eigenvalue weighted by Gasteiger charge is -2.37. The number of rotatable bonds is 6. The number of piperidine rings is 1. The number of alkyl carbamates (subject to hydrolysis) is 1. The number of carbonyl (C=O) groups is 3. The molecule has 1 aliphatic carbocycles. The summed E-state index contributed by atoms with van der Waals surface area (Å²) in [5, 5.41) is 21.6. The van der Waals surface area contributed by atoms with E-state index in [4.69, 9.17) is 4.74 Å². The third kappa shape index (κ3) is 4.81. The normalized spacial score (nSPS) is 30.4. The Bertz CT molecular complexity index is 1230. The molecule has 0 radical (unpaired) electrons. The molecule has 10 nitrogen and oxygen atoms in total. The fraction of sp³-hybridized carbons (Fsp3) is 0.607. The molecule has 3 amide bonds. The molecule has 0 aromatic heterocycles. The van der Waals surface area contributed by atoms with Gasteiger partial charge in [0.05, 0.1) is 23.7 Å². The average molecular weight is 519 g/mol. The molecule has 7 atom stereocenters. The Morgan fingerprint density at radius 2 is 2.00 bits per heavy atom. The van der Waals surface area contributed by atoms with Gasteiger partial charge in [0.2, 0.25) is 11.8 Å². The van der Waals surface area contributed by atoms with Gasteiger partial charge >= 0.3 is 6.09 Å². The monoisotopic (exact) mass is 518 g/mol. The summed E-state index contributed by atoms with van der Waals surface area (Å²) in [6, 6.07) is 9.83. The number of benzene rings is 1. The zero-order valence-corrected chi connectivity index (χ0v) is 22.3. The Kier molecular flexibility index (Phi) is 6.56. The Labute approximate surface area is 223 Å². The molecule has 4 aliphatic rings. The van der Waals surface area contributed by atoms with Crippen molar-refractivity contribution in [2.45, 2.75) is 82.9 Å². The second-order valence-corrected chi connectivity index (χ2v) is 12.0. The molecule has 3 aliphatic heterocycles. The molecule has 1 aromatic rings. The first-order chi connectivity index (χ1) is 18.0. The van der Waals surface area contributed by atoms with Gasteiger partial charge in [-0.15, -0.1) is 0 Å². The molecule has 1 saturated carbocycles. The standard InChI is InChI=1S/C28H34N6O4/c1-16-21-9-19(12-30)34(24(16)21)25(35)22(31-27(37)38-28(2,3)4)15-32-14-20-10-23(32)26(36)33(20)13-18-7-5-6-17(8-18)11-29/h5-8,16,19-24H,9-10,13-15H2,1-4H3,(H,31,37)/t16-,19?,20-,21+,22?,23-,24-/m0/s1. The highest BCUT2D eigenvalue weighted by atomic mass is 16.6. The van der Waals surface area contributed by atoms with Gasteiger partial charge in [0.25, 0.3) is 0 Å². The van der Waals surface area contributed by atoms with Gasteiger partial charge in [-0.1, -0.05) is 19.1 Å². The maximum Gasteiger partial charge on any atom is 0.408 e. The molecule has 4 fully saturated rings. The number of hydrogen-bond donors (Lipinski definition) is 1. The Morgan fingerprint density at radius 3 is 2.66 bits per heavy atom. The van der Waals surface area contributed by atoms with Gasteiger partial charge in [-0.2, -0.15) is 10.5 Å². The van der Waals surface area contributed by atoms with Gasteiger partial charge in [0.1, 0.15) is 17.7 Å². The first-order valence-corrected chi connectivity index (χ1v) is 13.3. The van der Waals surface area contributed by atoms with Crippen molar-refractivity contribution in [3.63, 3.8) is 0 Å². The van der Waals surface area contributed by atoms with Crippen molar-refractivity contribution in [1.29, 1.82) is 10.5 Å². The molecule has 200 valence electrons. The van der Waals surface area contributed by atoms with Crippen LogP contribution >= 0.6 is 0 Å². The zero-order valence-electron chi connectivity index (χ0n) is 22.3. The van der Waals surface area contributed by atoms with E-state index in [1.54, 1.807) is 37.8 Å². The molecule has 5 rings (SSSR count). The van der Waals surface area contributed by atoms with E-state index in [1.165, 1.54) is 0 Å². The highest BCUT2D eigenvalue weighted by molar-refractivity contribution is 5.88. The third-order valence-electron chi connectivity index (χ3n) is 8.27. The molecular weight excluding hydrogens is 484 g/mol. The van der Waals surface area contributed by atoms with Crippen LogP contribution in [0.5, 0.6) is 0 Å². The van der Waals surface area contributed by atoms with Crippen molar-refractivity contribution in [2.75, 3.05) is 13.1 Å². The molecular formula is C28H34N6O4. The largest absolute Gasteiger partial charge is 0.444 e. The van der Waals surface area contributed by atoms with E-state index < -0.39 is 23.8 Å². The Balaban J connectivity index is 1.30. The van der Waals surface area contributed by atoms with Crippen molar-refractivity contribution in [3.05, 3.63) is 35.4 Å². The number of fused-ring (bicyclic) bond motifs is 3. The fourth-order valence-electron chi connectivity index (χ4n) is 6.46. The summed E-state index contributed by atoms with van der Waals surface area (Å²) in [4.78, 5) is 45.3. The van der Waals surface area contributed by atoms with E-state index >= 15 is 0 Å². The summed E-state index contributed by atoms with van der Waals surface area (Å²) in [6.07, 6.45) is 0.608. The van der Waals surface area contributed by atoms with Crippen LogP contribution in [0.25, 0.3) is 0 Å². The number of nitrogens with zero attached hydrogens (tertiary/aromatic N) is 5. The second kappa shape index (κ2) is 9.59. The molecule has 10 heteroatoms. The lowest BCUT2D eigenvalue weighted by Crippen LogP contribution is -2.59. The number of likely N-dealkylation sites (tertiary alicyclic amines) is 3. The van der Waals surface area contributed by atoms with E-state index in [1.807, 2.05) is 21.9 Å². The van der Waals surface area contributed by atoms with Crippen LogP contribution in [-0.4, -0.2) is 81.5 Å². The maximum atomic E-state index is 13.8. The van der Waals surface area contributed by atoms with E-state index in [-0.39, 0.29) is 36.5 Å². The number of carbonyl (C=O) groups excluding carboxylic acids is 3. The van der Waals surface area contributed by atoms with Crippen LogP contribution in [0, 0.1) is 34.5 Å². The number of nitrogens with one attached hydrogen (secondary N) is 1. The number of amides is 3. The SMILES string of the molecule is C[C@H]1[C@H]2CC(C#N)N(C(=O)C(CN3C[C@@H]4C[C@H]3C(=O)N4Cc3cccc(C#N)c3)NC(=O)OC(C)(C)C)[C@@H]12. The molecule has 0 spiro atoms. The first kappa shape index (κ1) is 26.0. The van der Waals surface area contributed by atoms with Gasteiger partial charge in [0.15, 0.2) is 0 Å². The quantitative estimate of drug-likeness (QED) is 0.610. The lowest BCUT2D eigenvalue weighted by atomic mass is 10.1. The summed E-state index contributed by atoms with van der Waals surface area (Å²) in [5.74, 6) is 0.352. The van der Waals surface area contributed by atoms with E-state index in [0.717, 1.165) is 5.56 Å². The third-order valence-corrected chi connectivity index (χ3v) is 8.27. The molecule has 2 bridgehead atoms. The Morgan fingerprint density at radius 1 is 1.24 bits per heavy atom. The lowest BCUT2D eigenvalue weighted by molar-refractivity contribution is -0.140. The van der Waals surface area contributed by atoms with Crippen molar-refractivity contribution in [3.8, 4) is 12.1 Å². The first-order valence-electron chi connectivity index (χ1n) is 13.3. The van der Waals surface area contributed by atoms with Crippen molar-refractivity contribution in [1.82, 2.24) is 20.0 Å². The van der Waals surface area contributed by atoms with Gasteiger partial charge < -0.3 is 19.9 Å². The molecule has 1 aromatic carbocycles. The van der Waals surface area contributed by atoms with E-state index in [9.17, 15) is 24.9 Å². The summed E-state index contributed by atoms with van der Waals surface area (Å²) in [6.45, 7) is 8.53. The molecule has 1 N–H and O–H groups in total. The van der Waals surface area contributed by atoms with Crippen molar-refractivity contribution >= 4 is 17.9 Å². The highest BCUT2D eigenvalue weighted by Crippen LogP contribution is 2.53. The Hall–Kier alpha value is -3.63. The van der Waals surface area contributed by atoms with Crippen molar-refractivity contribution < 1.29 is 19.1 Å². The topological polar surface area (TPSA) is 130 Å². The van der Waals surface area contributed by atoms with Gasteiger partial charge in [-0.3, -0.25) is 14.5 Å². The number of piperazine rings is 1. The van der Waals surface area contributed by atoms with Crippen LogP contribution in [0.1, 0.15) is 51.7 Å². The molecule has 3 heterocycles. The van der Waals surface area contributed by atoms with Crippen molar-refractivity contribution in [2.24, 2.45) is 11.8 Å². The van der Waals surface area contributed by atoms with Crippen LogP contribution in [0.15, 0.2) is 24.3 Å². The highest BCUT2D eigenvalue weighted by Gasteiger charge is 2.61. The summed E-state index contributed by atoms with van der Waals surface area (Å²) >= 11 is 0. The van der Waals surface area contributed by atoms with Crippen LogP contribution in [0.3, 0.4) is 0 Å². The minimum atomic E-state index is -0.930. The van der Waals surface area contributed by atoms with E-state index in [0.29, 0.717) is 43.3 Å². The van der Waals surface area contributed by atoms with Gasteiger partial charge in [-0.05, 0) is 63.1 Å². The van der Waals surface area contributed by atoms with E-state index in [2.05, 4.69) is 24.4 Å². The predicted octanol–water partition coefficient (Wildman–Crippen LogP) is 2.00. The van der Waals surface area contributed by atoms with Gasteiger partial charge in [0, 0.05) is 31.7 Å². The van der Waals surface area contributed by atoms with Crippen LogP contribution in [-0.2, 0) is 20.9 Å². The molecule has 38 heavy (non-hydrogen) atoms. The van der Waals surface area contributed by atoms with Crippen LogP contribution in [0.4, 0.5) is 4.79 Å². The van der Waals surface area contributed by atoms with Crippen LogP contribution < -0.4 is 5.32 Å². The second-order valence-electron chi connectivity index (χ2n) is 12.0. The summed E-state index contributed by atoms with van der Waals surface area (Å²) < 4.78 is 5.44. The molecule has 3 saturated heterocycles. The van der Waals surface area contributed by atoms with Gasteiger partial charge in [-0.25, -0.2) is 4.79 Å². The van der Waals surface area contributed by atoms with Crippen LogP contribution in [0.2, 0.25) is 0 Å². The molecule has 2 unspecified atom stereocenters. The smallest absolute Gasteiger partial charge is 0.408 e. The minimum Gasteiger partial charge on any atom is -0.444 e. The zero-order chi connectivity index (χ0) is 27.4. The maximum absolute atomic E-state index is 13.8.